The largest absolute Gasteiger partial charge is 0.370 e. The van der Waals surface area contributed by atoms with E-state index in [2.05, 4.69) is 10.3 Å². The SMILES string of the molecule is c1ccc(NCC2CCCCC2)nc1. The van der Waals surface area contributed by atoms with E-state index in [4.69, 9.17) is 0 Å². The van der Waals surface area contributed by atoms with Gasteiger partial charge in [-0.15, -0.1) is 0 Å². The minimum atomic E-state index is 0.866. The van der Waals surface area contributed by atoms with Crippen molar-refractivity contribution in [1.82, 2.24) is 4.98 Å². The van der Waals surface area contributed by atoms with Gasteiger partial charge in [0.1, 0.15) is 5.82 Å². The van der Waals surface area contributed by atoms with E-state index in [9.17, 15) is 0 Å². The maximum Gasteiger partial charge on any atom is 0.125 e. The number of hydrogen-bond acceptors (Lipinski definition) is 2. The van der Waals surface area contributed by atoms with Gasteiger partial charge in [0.05, 0.1) is 0 Å². The molecular weight excluding hydrogens is 172 g/mol. The fourth-order valence-corrected chi connectivity index (χ4v) is 2.11. The molecule has 0 aliphatic heterocycles. The molecule has 0 amide bonds. The molecule has 1 aliphatic rings. The zero-order valence-electron chi connectivity index (χ0n) is 8.58. The molecule has 2 rings (SSSR count). The zero-order chi connectivity index (χ0) is 9.64. The molecular formula is C12H18N2. The molecule has 0 spiro atoms. The monoisotopic (exact) mass is 190 g/mol. The van der Waals surface area contributed by atoms with E-state index in [0.717, 1.165) is 18.3 Å². The standard InChI is InChI=1S/C12H18N2/c1-2-6-11(7-3-1)10-14-12-8-4-5-9-13-12/h4-5,8-9,11H,1-3,6-7,10H2,(H,13,14). The van der Waals surface area contributed by atoms with Crippen molar-refractivity contribution in [3.05, 3.63) is 24.4 Å². The summed E-state index contributed by atoms with van der Waals surface area (Å²) < 4.78 is 0. The number of anilines is 1. The molecule has 0 saturated heterocycles. The van der Waals surface area contributed by atoms with Gasteiger partial charge >= 0.3 is 0 Å². The van der Waals surface area contributed by atoms with Gasteiger partial charge < -0.3 is 5.32 Å². The molecule has 1 aliphatic carbocycles. The first kappa shape index (κ1) is 9.50. The number of pyridine rings is 1. The van der Waals surface area contributed by atoms with Crippen molar-refractivity contribution >= 4 is 5.82 Å². The summed E-state index contributed by atoms with van der Waals surface area (Å²) in [5.41, 5.74) is 0. The second-order valence-electron chi connectivity index (χ2n) is 4.10. The molecule has 0 radical (unpaired) electrons. The van der Waals surface area contributed by atoms with Gasteiger partial charge in [0, 0.05) is 12.7 Å². The van der Waals surface area contributed by atoms with Crippen LogP contribution >= 0.6 is 0 Å². The summed E-state index contributed by atoms with van der Waals surface area (Å²) in [4.78, 5) is 4.25. The molecule has 1 saturated carbocycles. The normalized spacial score (nSPS) is 18.0. The van der Waals surface area contributed by atoms with E-state index in [0.29, 0.717) is 0 Å². The highest BCUT2D eigenvalue weighted by Crippen LogP contribution is 2.23. The second-order valence-corrected chi connectivity index (χ2v) is 4.10. The number of aromatic nitrogens is 1. The molecule has 1 N–H and O–H groups in total. The first-order chi connectivity index (χ1) is 6.95. The molecule has 14 heavy (non-hydrogen) atoms. The Morgan fingerprint density at radius 3 is 2.79 bits per heavy atom. The Hall–Kier alpha value is -1.05. The molecule has 0 unspecified atom stereocenters. The van der Waals surface area contributed by atoms with Crippen molar-refractivity contribution < 1.29 is 0 Å². The van der Waals surface area contributed by atoms with E-state index >= 15 is 0 Å². The number of nitrogens with one attached hydrogen (secondary N) is 1. The fourth-order valence-electron chi connectivity index (χ4n) is 2.11. The van der Waals surface area contributed by atoms with Crippen LogP contribution in [0.4, 0.5) is 5.82 Å². The number of hydrogen-bond donors (Lipinski definition) is 1. The number of rotatable bonds is 3. The Balaban J connectivity index is 1.76. The number of nitrogens with zero attached hydrogens (tertiary/aromatic N) is 1. The quantitative estimate of drug-likeness (QED) is 0.792. The van der Waals surface area contributed by atoms with Gasteiger partial charge in [-0.05, 0) is 30.9 Å². The molecule has 1 heterocycles. The summed E-state index contributed by atoms with van der Waals surface area (Å²) in [6.45, 7) is 1.09. The lowest BCUT2D eigenvalue weighted by molar-refractivity contribution is 0.373. The Labute approximate surface area is 85.7 Å². The topological polar surface area (TPSA) is 24.9 Å². The molecule has 2 nitrogen and oxygen atoms in total. The molecule has 0 bridgehead atoms. The van der Waals surface area contributed by atoms with Crippen molar-refractivity contribution in [2.45, 2.75) is 32.1 Å². The summed E-state index contributed by atoms with van der Waals surface area (Å²) in [5.74, 6) is 1.88. The van der Waals surface area contributed by atoms with E-state index in [1.54, 1.807) is 0 Å². The molecule has 0 aromatic carbocycles. The maximum absolute atomic E-state index is 4.25. The first-order valence-corrected chi connectivity index (χ1v) is 5.60. The minimum absolute atomic E-state index is 0.866. The first-order valence-electron chi connectivity index (χ1n) is 5.60. The average Bonchev–Trinajstić information content (AvgIpc) is 2.29. The summed E-state index contributed by atoms with van der Waals surface area (Å²) in [6, 6.07) is 6.00. The predicted molar refractivity (Wildman–Crippen MR) is 59.3 cm³/mol. The van der Waals surface area contributed by atoms with Crippen LogP contribution in [0.25, 0.3) is 0 Å². The molecule has 0 atom stereocenters. The van der Waals surface area contributed by atoms with Crippen LogP contribution < -0.4 is 5.32 Å². The van der Waals surface area contributed by atoms with Gasteiger partial charge in [-0.25, -0.2) is 4.98 Å². The lowest BCUT2D eigenvalue weighted by atomic mass is 9.89. The van der Waals surface area contributed by atoms with E-state index in [1.165, 1.54) is 32.1 Å². The predicted octanol–water partition coefficient (Wildman–Crippen LogP) is 3.07. The summed E-state index contributed by atoms with van der Waals surface area (Å²) in [7, 11) is 0. The van der Waals surface area contributed by atoms with Gasteiger partial charge in [0.2, 0.25) is 0 Å². The zero-order valence-corrected chi connectivity index (χ0v) is 8.58. The minimum Gasteiger partial charge on any atom is -0.370 e. The van der Waals surface area contributed by atoms with E-state index in [-0.39, 0.29) is 0 Å². The summed E-state index contributed by atoms with van der Waals surface area (Å²) in [6.07, 6.45) is 8.87. The summed E-state index contributed by atoms with van der Waals surface area (Å²) in [5, 5.41) is 3.40. The van der Waals surface area contributed by atoms with Crippen molar-refractivity contribution in [2.24, 2.45) is 5.92 Å². The van der Waals surface area contributed by atoms with Gasteiger partial charge in [-0.2, -0.15) is 0 Å². The lowest BCUT2D eigenvalue weighted by Gasteiger charge is -2.21. The van der Waals surface area contributed by atoms with Crippen LogP contribution in [0, 0.1) is 5.92 Å². The average molecular weight is 190 g/mol. The highest BCUT2D eigenvalue weighted by molar-refractivity contribution is 5.32. The second kappa shape index (κ2) is 4.99. The Kier molecular flexibility index (Phi) is 3.39. The highest BCUT2D eigenvalue weighted by Gasteiger charge is 2.12. The van der Waals surface area contributed by atoms with Crippen LogP contribution in [0.3, 0.4) is 0 Å². The van der Waals surface area contributed by atoms with Crippen LogP contribution in [-0.4, -0.2) is 11.5 Å². The smallest absolute Gasteiger partial charge is 0.125 e. The molecule has 1 aromatic heterocycles. The lowest BCUT2D eigenvalue weighted by Crippen LogP contribution is -2.17. The van der Waals surface area contributed by atoms with Crippen LogP contribution in [-0.2, 0) is 0 Å². The molecule has 76 valence electrons. The van der Waals surface area contributed by atoms with Gasteiger partial charge in [0.25, 0.3) is 0 Å². The third-order valence-corrected chi connectivity index (χ3v) is 2.96. The van der Waals surface area contributed by atoms with Crippen molar-refractivity contribution in [2.75, 3.05) is 11.9 Å². The fraction of sp³-hybridized carbons (Fsp3) is 0.583. The van der Waals surface area contributed by atoms with E-state index < -0.39 is 0 Å². The molecule has 1 aromatic rings. The molecule has 1 fully saturated rings. The van der Waals surface area contributed by atoms with E-state index in [1.807, 2.05) is 24.4 Å². The third-order valence-electron chi connectivity index (χ3n) is 2.96. The van der Waals surface area contributed by atoms with Gasteiger partial charge in [0.15, 0.2) is 0 Å². The maximum atomic E-state index is 4.25. The highest BCUT2D eigenvalue weighted by atomic mass is 15.0. The third kappa shape index (κ3) is 2.72. The molecule has 2 heteroatoms. The van der Waals surface area contributed by atoms with Crippen molar-refractivity contribution in [1.29, 1.82) is 0 Å². The Bertz CT molecular complexity index is 252. The van der Waals surface area contributed by atoms with Gasteiger partial charge in [-0.3, -0.25) is 0 Å². The van der Waals surface area contributed by atoms with Crippen LogP contribution in [0.15, 0.2) is 24.4 Å². The van der Waals surface area contributed by atoms with Gasteiger partial charge in [-0.1, -0.05) is 25.3 Å². The summed E-state index contributed by atoms with van der Waals surface area (Å²) >= 11 is 0. The van der Waals surface area contributed by atoms with Crippen LogP contribution in [0.1, 0.15) is 32.1 Å². The Morgan fingerprint density at radius 1 is 1.21 bits per heavy atom. The van der Waals surface area contributed by atoms with Crippen molar-refractivity contribution in [3.8, 4) is 0 Å². The van der Waals surface area contributed by atoms with Crippen LogP contribution in [0.5, 0.6) is 0 Å². The van der Waals surface area contributed by atoms with Crippen LogP contribution in [0.2, 0.25) is 0 Å². The van der Waals surface area contributed by atoms with Crippen molar-refractivity contribution in [3.63, 3.8) is 0 Å². The Morgan fingerprint density at radius 2 is 2.07 bits per heavy atom.